The van der Waals surface area contributed by atoms with E-state index in [1.54, 1.807) is 18.3 Å². The van der Waals surface area contributed by atoms with Crippen molar-refractivity contribution in [3.05, 3.63) is 89.4 Å². The summed E-state index contributed by atoms with van der Waals surface area (Å²) in [5.41, 5.74) is 3.68. The highest BCUT2D eigenvalue weighted by Gasteiger charge is 2.15. The summed E-state index contributed by atoms with van der Waals surface area (Å²) in [5, 5.41) is 0. The molecule has 0 radical (unpaired) electrons. The average Bonchev–Trinajstić information content (AvgIpc) is 2.63. The molecule has 0 unspecified atom stereocenters. The summed E-state index contributed by atoms with van der Waals surface area (Å²) in [7, 11) is -3.68. The molecule has 0 saturated carbocycles. The molecule has 0 aliphatic heterocycles. The molecule has 1 N–H and O–H groups in total. The molecule has 0 amide bonds. The zero-order chi connectivity index (χ0) is 18.6. The number of aromatic nitrogens is 1. The van der Waals surface area contributed by atoms with Crippen LogP contribution in [-0.2, 0) is 22.3 Å². The van der Waals surface area contributed by atoms with Gasteiger partial charge in [-0.3, -0.25) is 4.98 Å². The van der Waals surface area contributed by atoms with Gasteiger partial charge in [0.15, 0.2) is 0 Å². The predicted molar refractivity (Wildman–Crippen MR) is 100 cm³/mol. The van der Waals surface area contributed by atoms with Gasteiger partial charge < -0.3 is 0 Å². The predicted octanol–water partition coefficient (Wildman–Crippen LogP) is 3.82. The Hall–Kier alpha value is -2.57. The monoisotopic (exact) mass is 370 g/mol. The summed E-state index contributed by atoms with van der Waals surface area (Å²) in [6.45, 7) is 2.09. The summed E-state index contributed by atoms with van der Waals surface area (Å²) >= 11 is 0. The van der Waals surface area contributed by atoms with Gasteiger partial charge in [0.1, 0.15) is 5.82 Å². The fourth-order valence-corrected chi connectivity index (χ4v) is 3.73. The van der Waals surface area contributed by atoms with Crippen LogP contribution < -0.4 is 4.72 Å². The fraction of sp³-hybridized carbons (Fsp3) is 0.150. The first-order valence-electron chi connectivity index (χ1n) is 8.16. The Morgan fingerprint density at radius 2 is 1.65 bits per heavy atom. The molecule has 3 rings (SSSR count). The lowest BCUT2D eigenvalue weighted by Crippen LogP contribution is -2.25. The van der Waals surface area contributed by atoms with Gasteiger partial charge in [-0.25, -0.2) is 17.5 Å². The van der Waals surface area contributed by atoms with Crippen LogP contribution in [0.2, 0.25) is 0 Å². The standard InChI is InChI=1S/C20H19FN2O2S/c1-15-8-10-16(11-9-15)20-17(6-4-12-22-20)13-23-26(24,25)14-18-5-2-3-7-19(18)21/h2-12,23H,13-14H2,1H3. The van der Waals surface area contributed by atoms with Gasteiger partial charge >= 0.3 is 0 Å². The lowest BCUT2D eigenvalue weighted by molar-refractivity contribution is 0.574. The third-order valence-electron chi connectivity index (χ3n) is 4.00. The number of benzene rings is 2. The van der Waals surface area contributed by atoms with Crippen molar-refractivity contribution in [2.45, 2.75) is 19.2 Å². The first kappa shape index (κ1) is 18.2. The van der Waals surface area contributed by atoms with Crippen molar-refractivity contribution in [3.8, 4) is 11.3 Å². The van der Waals surface area contributed by atoms with E-state index in [2.05, 4.69) is 9.71 Å². The smallest absolute Gasteiger partial charge is 0.216 e. The topological polar surface area (TPSA) is 59.1 Å². The summed E-state index contributed by atoms with van der Waals surface area (Å²) in [5.74, 6) is -0.931. The molecule has 4 nitrogen and oxygen atoms in total. The van der Waals surface area contributed by atoms with E-state index in [9.17, 15) is 12.8 Å². The van der Waals surface area contributed by atoms with E-state index < -0.39 is 21.6 Å². The Bertz CT molecular complexity index is 1000. The number of hydrogen-bond acceptors (Lipinski definition) is 3. The average molecular weight is 370 g/mol. The number of rotatable bonds is 6. The minimum Gasteiger partial charge on any atom is -0.256 e. The lowest BCUT2D eigenvalue weighted by Gasteiger charge is -2.11. The summed E-state index contributed by atoms with van der Waals surface area (Å²) < 4.78 is 40.9. The molecule has 0 bridgehead atoms. The molecular formula is C20H19FN2O2S. The number of hydrogen-bond donors (Lipinski definition) is 1. The van der Waals surface area contributed by atoms with Gasteiger partial charge in [0, 0.05) is 23.9 Å². The number of sulfonamides is 1. The molecule has 2 aromatic carbocycles. The quantitative estimate of drug-likeness (QED) is 0.718. The van der Waals surface area contributed by atoms with Gasteiger partial charge in [-0.05, 0) is 24.6 Å². The molecule has 0 aliphatic rings. The van der Waals surface area contributed by atoms with Crippen molar-refractivity contribution >= 4 is 10.0 Å². The minimum absolute atomic E-state index is 0.0911. The molecule has 3 aromatic rings. The summed E-state index contributed by atoms with van der Waals surface area (Å²) in [6, 6.07) is 17.3. The Labute approximate surface area is 152 Å². The van der Waals surface area contributed by atoms with Gasteiger partial charge in [0.05, 0.1) is 11.4 Å². The van der Waals surface area contributed by atoms with Crippen LogP contribution in [-0.4, -0.2) is 13.4 Å². The molecule has 1 aromatic heterocycles. The minimum atomic E-state index is -3.68. The van der Waals surface area contributed by atoms with Crippen LogP contribution in [0.4, 0.5) is 4.39 Å². The van der Waals surface area contributed by atoms with Gasteiger partial charge in [-0.2, -0.15) is 0 Å². The fourth-order valence-electron chi connectivity index (χ4n) is 2.61. The van der Waals surface area contributed by atoms with Crippen molar-refractivity contribution in [2.24, 2.45) is 0 Å². The maximum atomic E-state index is 13.7. The van der Waals surface area contributed by atoms with Crippen LogP contribution in [0.1, 0.15) is 16.7 Å². The van der Waals surface area contributed by atoms with Crippen LogP contribution in [0.5, 0.6) is 0 Å². The lowest BCUT2D eigenvalue weighted by atomic mass is 10.0. The van der Waals surface area contributed by atoms with Gasteiger partial charge in [-0.1, -0.05) is 54.1 Å². The van der Waals surface area contributed by atoms with Crippen molar-refractivity contribution in [1.29, 1.82) is 0 Å². The zero-order valence-electron chi connectivity index (χ0n) is 14.3. The normalized spacial score (nSPS) is 11.5. The Balaban J connectivity index is 1.77. The van der Waals surface area contributed by atoms with Crippen LogP contribution >= 0.6 is 0 Å². The second kappa shape index (κ2) is 7.76. The SMILES string of the molecule is Cc1ccc(-c2ncccc2CNS(=O)(=O)Cc2ccccc2F)cc1. The highest BCUT2D eigenvalue weighted by molar-refractivity contribution is 7.88. The highest BCUT2D eigenvalue weighted by Crippen LogP contribution is 2.22. The third kappa shape index (κ3) is 4.53. The Morgan fingerprint density at radius 3 is 2.38 bits per heavy atom. The molecular weight excluding hydrogens is 351 g/mol. The third-order valence-corrected chi connectivity index (χ3v) is 5.28. The summed E-state index contributed by atoms with van der Waals surface area (Å²) in [6.07, 6.45) is 1.67. The molecule has 0 aliphatic carbocycles. The van der Waals surface area contributed by atoms with E-state index in [0.717, 1.165) is 22.4 Å². The van der Waals surface area contributed by atoms with E-state index >= 15 is 0 Å². The van der Waals surface area contributed by atoms with E-state index in [4.69, 9.17) is 0 Å². The first-order valence-corrected chi connectivity index (χ1v) is 9.81. The molecule has 26 heavy (non-hydrogen) atoms. The van der Waals surface area contributed by atoms with E-state index in [-0.39, 0.29) is 12.1 Å². The number of halogens is 1. The van der Waals surface area contributed by atoms with Gasteiger partial charge in [-0.15, -0.1) is 0 Å². The molecule has 0 spiro atoms. The molecule has 1 heterocycles. The van der Waals surface area contributed by atoms with Crippen molar-refractivity contribution < 1.29 is 12.8 Å². The number of pyridine rings is 1. The maximum absolute atomic E-state index is 13.7. The van der Waals surface area contributed by atoms with E-state index in [1.165, 1.54) is 18.2 Å². The second-order valence-electron chi connectivity index (χ2n) is 6.05. The highest BCUT2D eigenvalue weighted by atomic mass is 32.2. The van der Waals surface area contributed by atoms with Crippen LogP contribution in [0.25, 0.3) is 11.3 Å². The number of nitrogens with zero attached hydrogens (tertiary/aromatic N) is 1. The van der Waals surface area contributed by atoms with Crippen LogP contribution in [0.3, 0.4) is 0 Å². The molecule has 134 valence electrons. The van der Waals surface area contributed by atoms with Gasteiger partial charge in [0.25, 0.3) is 0 Å². The van der Waals surface area contributed by atoms with Crippen molar-refractivity contribution in [1.82, 2.24) is 9.71 Å². The van der Waals surface area contributed by atoms with Crippen molar-refractivity contribution in [2.75, 3.05) is 0 Å². The van der Waals surface area contributed by atoms with Crippen LogP contribution in [0.15, 0.2) is 66.9 Å². The maximum Gasteiger partial charge on any atom is 0.216 e. The molecule has 0 fully saturated rings. The summed E-state index contributed by atoms with van der Waals surface area (Å²) in [4.78, 5) is 4.38. The van der Waals surface area contributed by atoms with E-state index in [1.807, 2.05) is 37.3 Å². The van der Waals surface area contributed by atoms with Crippen LogP contribution in [0, 0.1) is 12.7 Å². The number of aryl methyl sites for hydroxylation is 1. The molecule has 0 atom stereocenters. The Morgan fingerprint density at radius 1 is 0.962 bits per heavy atom. The number of nitrogens with one attached hydrogen (secondary N) is 1. The first-order chi connectivity index (χ1) is 12.4. The molecule has 6 heteroatoms. The largest absolute Gasteiger partial charge is 0.256 e. The zero-order valence-corrected chi connectivity index (χ0v) is 15.1. The van der Waals surface area contributed by atoms with E-state index in [0.29, 0.717) is 0 Å². The van der Waals surface area contributed by atoms with Gasteiger partial charge in [0.2, 0.25) is 10.0 Å². The molecule has 0 saturated heterocycles. The van der Waals surface area contributed by atoms with Crippen molar-refractivity contribution in [3.63, 3.8) is 0 Å². The Kier molecular flexibility index (Phi) is 5.44. The second-order valence-corrected chi connectivity index (χ2v) is 7.86.